The Morgan fingerprint density at radius 3 is 3.08 bits per heavy atom. The second-order valence-corrected chi connectivity index (χ2v) is 4.09. The van der Waals surface area contributed by atoms with Crippen molar-refractivity contribution in [2.45, 2.75) is 22.8 Å². The number of aromatic nitrogens is 6. The topological polar surface area (TPSA) is 80.2 Å². The minimum absolute atomic E-state index is 0.568. The van der Waals surface area contributed by atoms with Gasteiger partial charge in [0.1, 0.15) is 5.82 Å². The minimum Gasteiger partial charge on any atom is -0.213 e. The molecule has 6 nitrogen and oxygen atoms in total. The van der Waals surface area contributed by atoms with Crippen LogP contribution in [0.4, 0.5) is 0 Å². The lowest BCUT2D eigenvalue weighted by Crippen LogP contribution is -1.81. The molecule has 0 aliphatic heterocycles. The van der Waals surface area contributed by atoms with Crippen LogP contribution in [0.1, 0.15) is 12.7 Å². The summed E-state index contributed by atoms with van der Waals surface area (Å²) in [6.07, 6.45) is 0.851. The maximum atomic E-state index is 4.25. The van der Waals surface area contributed by atoms with E-state index < -0.39 is 0 Å². The molecule has 2 aromatic rings. The third-order valence-corrected chi connectivity index (χ3v) is 2.91. The molecule has 0 spiro atoms. The Kier molecular flexibility index (Phi) is 2.50. The number of hydrogen-bond donors (Lipinski definition) is 1. The summed E-state index contributed by atoms with van der Waals surface area (Å²) in [5.41, 5.74) is 0. The summed E-state index contributed by atoms with van der Waals surface area (Å²) in [5, 5.41) is 14.0. The first-order valence-corrected chi connectivity index (χ1v) is 5.21. The largest absolute Gasteiger partial charge is 0.237 e. The van der Waals surface area contributed by atoms with Crippen molar-refractivity contribution in [1.82, 2.24) is 30.0 Å². The molecule has 0 amide bonds. The number of aromatic amines is 1. The van der Waals surface area contributed by atoms with Gasteiger partial charge >= 0.3 is 0 Å². The summed E-state index contributed by atoms with van der Waals surface area (Å²) in [5.74, 6) is 0.857. The summed E-state index contributed by atoms with van der Waals surface area (Å²) in [6, 6.07) is 0. The molecule has 0 saturated heterocycles. The lowest BCUT2D eigenvalue weighted by Gasteiger charge is -1.84. The predicted octanol–water partition coefficient (Wildman–Crippen LogP) is 0.765. The maximum Gasteiger partial charge on any atom is 0.237 e. The van der Waals surface area contributed by atoms with Gasteiger partial charge in [-0.05, 0) is 28.5 Å². The highest BCUT2D eigenvalue weighted by molar-refractivity contribution is 8.00. The number of tetrazole rings is 1. The van der Waals surface area contributed by atoms with Gasteiger partial charge in [0.15, 0.2) is 4.34 Å². The zero-order valence-corrected chi connectivity index (χ0v) is 8.39. The number of nitrogens with zero attached hydrogens (tertiary/aromatic N) is 5. The van der Waals surface area contributed by atoms with Crippen LogP contribution < -0.4 is 0 Å². The van der Waals surface area contributed by atoms with Crippen molar-refractivity contribution in [2.75, 3.05) is 0 Å². The van der Waals surface area contributed by atoms with Crippen LogP contribution in [0.3, 0.4) is 0 Å². The van der Waals surface area contributed by atoms with Gasteiger partial charge in [0.05, 0.1) is 0 Å². The van der Waals surface area contributed by atoms with E-state index in [1.807, 2.05) is 6.92 Å². The molecule has 0 aliphatic rings. The first kappa shape index (κ1) is 8.57. The van der Waals surface area contributed by atoms with Crippen LogP contribution in [-0.2, 0) is 6.42 Å². The first-order chi connectivity index (χ1) is 6.38. The number of aryl methyl sites for hydroxylation is 1. The summed E-state index contributed by atoms with van der Waals surface area (Å²) < 4.78 is 4.98. The molecule has 0 atom stereocenters. The Morgan fingerprint density at radius 2 is 2.46 bits per heavy atom. The minimum atomic E-state index is 0.568. The highest BCUT2D eigenvalue weighted by Crippen LogP contribution is 2.24. The quantitative estimate of drug-likeness (QED) is 0.812. The van der Waals surface area contributed by atoms with E-state index in [1.165, 1.54) is 23.3 Å². The van der Waals surface area contributed by atoms with Crippen LogP contribution in [0.15, 0.2) is 9.50 Å². The van der Waals surface area contributed by atoms with Crippen molar-refractivity contribution in [3.63, 3.8) is 0 Å². The van der Waals surface area contributed by atoms with Crippen molar-refractivity contribution >= 4 is 23.3 Å². The molecule has 0 aromatic carbocycles. The summed E-state index contributed by atoms with van der Waals surface area (Å²) in [4.78, 5) is 4.25. The molecule has 0 bridgehead atoms. The molecule has 0 unspecified atom stereocenters. The number of rotatable bonds is 3. The van der Waals surface area contributed by atoms with Gasteiger partial charge in [0.2, 0.25) is 5.16 Å². The van der Waals surface area contributed by atoms with Crippen LogP contribution in [0.2, 0.25) is 0 Å². The van der Waals surface area contributed by atoms with E-state index >= 15 is 0 Å². The van der Waals surface area contributed by atoms with E-state index in [1.54, 1.807) is 0 Å². The molecule has 2 rings (SSSR count). The number of H-pyrrole nitrogens is 1. The Labute approximate surface area is 82.3 Å². The average Bonchev–Trinajstić information content (AvgIpc) is 2.76. The average molecular weight is 214 g/mol. The van der Waals surface area contributed by atoms with Gasteiger partial charge in [-0.25, -0.2) is 4.98 Å². The normalized spacial score (nSPS) is 10.5. The lowest BCUT2D eigenvalue weighted by molar-refractivity contribution is 0.881. The fourth-order valence-corrected chi connectivity index (χ4v) is 2.16. The lowest BCUT2D eigenvalue weighted by atomic mass is 10.5. The van der Waals surface area contributed by atoms with E-state index in [0.29, 0.717) is 5.16 Å². The van der Waals surface area contributed by atoms with E-state index in [9.17, 15) is 0 Å². The van der Waals surface area contributed by atoms with Crippen molar-refractivity contribution < 1.29 is 0 Å². The molecular formula is C5H6N6S2. The monoisotopic (exact) mass is 214 g/mol. The highest BCUT2D eigenvalue weighted by Gasteiger charge is 2.06. The van der Waals surface area contributed by atoms with E-state index in [0.717, 1.165) is 16.6 Å². The molecule has 0 fully saturated rings. The Bertz CT molecular complexity index is 368. The van der Waals surface area contributed by atoms with Crippen molar-refractivity contribution in [2.24, 2.45) is 0 Å². The zero-order chi connectivity index (χ0) is 9.10. The molecule has 68 valence electrons. The maximum absolute atomic E-state index is 4.25. The van der Waals surface area contributed by atoms with Crippen molar-refractivity contribution in [3.8, 4) is 0 Å². The van der Waals surface area contributed by atoms with Gasteiger partial charge in [0.25, 0.3) is 0 Å². The predicted molar refractivity (Wildman–Crippen MR) is 47.6 cm³/mol. The third kappa shape index (κ3) is 2.01. The van der Waals surface area contributed by atoms with Gasteiger partial charge in [-0.1, -0.05) is 6.92 Å². The van der Waals surface area contributed by atoms with Crippen LogP contribution in [0, 0.1) is 0 Å². The van der Waals surface area contributed by atoms with E-state index in [-0.39, 0.29) is 0 Å². The van der Waals surface area contributed by atoms with Gasteiger partial charge < -0.3 is 0 Å². The second-order valence-electron chi connectivity index (χ2n) is 2.13. The van der Waals surface area contributed by atoms with Gasteiger partial charge in [-0.15, -0.1) is 10.2 Å². The Morgan fingerprint density at radius 1 is 1.54 bits per heavy atom. The summed E-state index contributed by atoms with van der Waals surface area (Å²) >= 11 is 2.71. The highest BCUT2D eigenvalue weighted by atomic mass is 32.2. The van der Waals surface area contributed by atoms with Crippen molar-refractivity contribution in [3.05, 3.63) is 5.82 Å². The Balaban J connectivity index is 2.10. The standard InChI is InChI=1S/C5H6N6S2/c1-2-3-6-5(13-9-3)12-4-7-10-11-8-4/h2H2,1H3,(H,7,8,10,11). The van der Waals surface area contributed by atoms with E-state index in [4.69, 9.17) is 0 Å². The third-order valence-electron chi connectivity index (χ3n) is 1.27. The van der Waals surface area contributed by atoms with Gasteiger partial charge in [-0.2, -0.15) is 9.59 Å². The van der Waals surface area contributed by atoms with Crippen LogP contribution in [-0.4, -0.2) is 30.0 Å². The zero-order valence-electron chi connectivity index (χ0n) is 6.76. The SMILES string of the molecule is CCc1nsc(Sc2nn[nH]n2)n1. The molecule has 13 heavy (non-hydrogen) atoms. The fraction of sp³-hybridized carbons (Fsp3) is 0.400. The van der Waals surface area contributed by atoms with Crippen molar-refractivity contribution in [1.29, 1.82) is 0 Å². The summed E-state index contributed by atoms with van der Waals surface area (Å²) in [7, 11) is 0. The second kappa shape index (κ2) is 3.79. The number of hydrogen-bond acceptors (Lipinski definition) is 7. The van der Waals surface area contributed by atoms with Crippen LogP contribution in [0.25, 0.3) is 0 Å². The summed E-state index contributed by atoms with van der Waals surface area (Å²) in [6.45, 7) is 2.02. The molecular weight excluding hydrogens is 208 g/mol. The Hall–Kier alpha value is -1.02. The molecule has 8 heteroatoms. The van der Waals surface area contributed by atoms with Crippen LogP contribution in [0.5, 0.6) is 0 Å². The van der Waals surface area contributed by atoms with Gasteiger partial charge in [0, 0.05) is 6.42 Å². The molecule has 0 aliphatic carbocycles. The molecule has 2 aromatic heterocycles. The molecule has 2 heterocycles. The van der Waals surface area contributed by atoms with Crippen LogP contribution >= 0.6 is 23.3 Å². The smallest absolute Gasteiger partial charge is 0.213 e. The number of nitrogens with one attached hydrogen (secondary N) is 1. The van der Waals surface area contributed by atoms with Gasteiger partial charge in [-0.3, -0.25) is 0 Å². The molecule has 0 radical (unpaired) electrons. The molecule has 0 saturated carbocycles. The van der Waals surface area contributed by atoms with E-state index in [2.05, 4.69) is 30.0 Å². The fourth-order valence-electron chi connectivity index (χ4n) is 0.697. The molecule has 1 N–H and O–H groups in total. The first-order valence-electron chi connectivity index (χ1n) is 3.62.